The fourth-order valence-electron chi connectivity index (χ4n) is 4.56. The number of carbonyl (C=O) groups is 1. The Kier molecular flexibility index (Phi) is 5.91. The second-order valence-corrected chi connectivity index (χ2v) is 7.91. The first-order chi connectivity index (χ1) is 13.8. The molecular weight excluding hydrogens is 350 g/mol. The first-order valence-corrected chi connectivity index (χ1v) is 10.4. The average Bonchev–Trinajstić information content (AvgIpc) is 2.79. The number of likely N-dealkylation sites (tertiary alicyclic amines) is 1. The number of benzene rings is 1. The van der Waals surface area contributed by atoms with Gasteiger partial charge in [-0.15, -0.1) is 0 Å². The Hall–Kier alpha value is -2.40. The van der Waals surface area contributed by atoms with Crippen LogP contribution in [0.15, 0.2) is 54.9 Å². The van der Waals surface area contributed by atoms with Crippen molar-refractivity contribution in [2.75, 3.05) is 26.3 Å². The summed E-state index contributed by atoms with van der Waals surface area (Å²) in [5.41, 5.74) is 2.37. The molecule has 5 nitrogen and oxygen atoms in total. The van der Waals surface area contributed by atoms with Crippen LogP contribution in [0.5, 0.6) is 0 Å². The molecule has 3 heterocycles. The van der Waals surface area contributed by atoms with Gasteiger partial charge in [0.25, 0.3) is 0 Å². The van der Waals surface area contributed by atoms with E-state index in [-0.39, 0.29) is 17.5 Å². The van der Waals surface area contributed by atoms with Crippen LogP contribution in [0.1, 0.15) is 49.3 Å². The van der Waals surface area contributed by atoms with Crippen LogP contribution in [0, 0.1) is 0 Å². The quantitative estimate of drug-likeness (QED) is 0.871. The molecule has 148 valence electrons. The highest BCUT2D eigenvalue weighted by atomic mass is 16.5. The molecule has 0 saturated carbocycles. The van der Waals surface area contributed by atoms with Crippen molar-refractivity contribution >= 4 is 6.03 Å². The van der Waals surface area contributed by atoms with Crippen molar-refractivity contribution in [3.63, 3.8) is 0 Å². The minimum atomic E-state index is -0.0469. The van der Waals surface area contributed by atoms with E-state index in [0.717, 1.165) is 57.4 Å². The Morgan fingerprint density at radius 2 is 1.96 bits per heavy atom. The van der Waals surface area contributed by atoms with Crippen molar-refractivity contribution in [3.8, 4) is 0 Å². The Morgan fingerprint density at radius 1 is 1.14 bits per heavy atom. The maximum atomic E-state index is 13.2. The summed E-state index contributed by atoms with van der Waals surface area (Å²) >= 11 is 0. The lowest BCUT2D eigenvalue weighted by Crippen LogP contribution is -2.50. The number of piperidine rings is 1. The maximum Gasteiger partial charge on any atom is 0.317 e. The van der Waals surface area contributed by atoms with Crippen molar-refractivity contribution in [2.24, 2.45) is 0 Å². The summed E-state index contributed by atoms with van der Waals surface area (Å²) in [6.45, 7) is 2.93. The minimum Gasteiger partial charge on any atom is -0.381 e. The fraction of sp³-hybridized carbons (Fsp3) is 0.478. The standard InChI is InChI=1S/C23H29N3O2/c27-22(26-14-5-4-10-21(26)19-7-6-13-24-17-19)25-18-23(11-15-28-16-12-23)20-8-2-1-3-9-20/h1-3,6-9,13,17,21H,4-5,10-12,14-16,18H2,(H,25,27)/t21-/m0/s1. The van der Waals surface area contributed by atoms with Gasteiger partial charge in [0.15, 0.2) is 0 Å². The zero-order valence-electron chi connectivity index (χ0n) is 16.3. The molecule has 1 atom stereocenters. The number of pyridine rings is 1. The molecule has 2 amide bonds. The zero-order valence-corrected chi connectivity index (χ0v) is 16.3. The molecule has 2 aliphatic heterocycles. The molecule has 0 bridgehead atoms. The predicted molar refractivity (Wildman–Crippen MR) is 109 cm³/mol. The molecule has 1 N–H and O–H groups in total. The second-order valence-electron chi connectivity index (χ2n) is 7.91. The van der Waals surface area contributed by atoms with Crippen LogP contribution in [0.3, 0.4) is 0 Å². The third-order valence-electron chi connectivity index (χ3n) is 6.25. The van der Waals surface area contributed by atoms with Crippen LogP contribution >= 0.6 is 0 Å². The van der Waals surface area contributed by atoms with Crippen LogP contribution in [-0.4, -0.2) is 42.2 Å². The van der Waals surface area contributed by atoms with Gasteiger partial charge in [0, 0.05) is 44.1 Å². The van der Waals surface area contributed by atoms with Gasteiger partial charge >= 0.3 is 6.03 Å². The minimum absolute atomic E-state index is 0.0374. The van der Waals surface area contributed by atoms with Crippen molar-refractivity contribution in [1.82, 2.24) is 15.2 Å². The molecule has 1 aromatic heterocycles. The summed E-state index contributed by atoms with van der Waals surface area (Å²) in [6.07, 6.45) is 8.74. The lowest BCUT2D eigenvalue weighted by atomic mass is 9.74. The van der Waals surface area contributed by atoms with Crippen LogP contribution in [0.25, 0.3) is 0 Å². The molecule has 2 aromatic rings. The van der Waals surface area contributed by atoms with E-state index in [2.05, 4.69) is 40.6 Å². The van der Waals surface area contributed by atoms with Gasteiger partial charge in [-0.1, -0.05) is 36.4 Å². The molecule has 0 unspecified atom stereocenters. The van der Waals surface area contributed by atoms with Gasteiger partial charge in [-0.2, -0.15) is 0 Å². The van der Waals surface area contributed by atoms with Gasteiger partial charge in [0.2, 0.25) is 0 Å². The number of hydrogen-bond donors (Lipinski definition) is 1. The average molecular weight is 380 g/mol. The summed E-state index contributed by atoms with van der Waals surface area (Å²) in [7, 11) is 0. The highest BCUT2D eigenvalue weighted by Gasteiger charge is 2.36. The van der Waals surface area contributed by atoms with Crippen LogP contribution < -0.4 is 5.32 Å². The van der Waals surface area contributed by atoms with Gasteiger partial charge in [0.1, 0.15) is 0 Å². The van der Waals surface area contributed by atoms with E-state index in [1.807, 2.05) is 23.2 Å². The lowest BCUT2D eigenvalue weighted by Gasteiger charge is -2.40. The number of rotatable bonds is 4. The molecule has 0 radical (unpaired) electrons. The third kappa shape index (κ3) is 4.04. The van der Waals surface area contributed by atoms with E-state index in [4.69, 9.17) is 4.74 Å². The first-order valence-electron chi connectivity index (χ1n) is 10.4. The molecule has 1 aromatic carbocycles. The summed E-state index contributed by atoms with van der Waals surface area (Å²) in [5.74, 6) is 0. The Bertz CT molecular complexity index is 760. The Labute approximate surface area is 167 Å². The van der Waals surface area contributed by atoms with Gasteiger partial charge in [0.05, 0.1) is 6.04 Å². The van der Waals surface area contributed by atoms with E-state index in [0.29, 0.717) is 6.54 Å². The number of urea groups is 1. The summed E-state index contributed by atoms with van der Waals surface area (Å²) in [5, 5.41) is 3.27. The van der Waals surface area contributed by atoms with E-state index >= 15 is 0 Å². The number of nitrogens with zero attached hydrogens (tertiary/aromatic N) is 2. The van der Waals surface area contributed by atoms with Crippen molar-refractivity contribution < 1.29 is 9.53 Å². The van der Waals surface area contributed by atoms with E-state index < -0.39 is 0 Å². The monoisotopic (exact) mass is 379 g/mol. The molecule has 0 aliphatic carbocycles. The number of hydrogen-bond acceptors (Lipinski definition) is 3. The zero-order chi connectivity index (χ0) is 19.2. The summed E-state index contributed by atoms with van der Waals surface area (Å²) in [4.78, 5) is 19.4. The van der Waals surface area contributed by atoms with E-state index in [9.17, 15) is 4.79 Å². The van der Waals surface area contributed by atoms with Crippen LogP contribution in [0.4, 0.5) is 4.79 Å². The van der Waals surface area contributed by atoms with Crippen molar-refractivity contribution in [1.29, 1.82) is 0 Å². The van der Waals surface area contributed by atoms with Gasteiger partial charge < -0.3 is 15.0 Å². The van der Waals surface area contributed by atoms with E-state index in [1.165, 1.54) is 5.56 Å². The summed E-state index contributed by atoms with van der Waals surface area (Å²) in [6, 6.07) is 14.7. The van der Waals surface area contributed by atoms with E-state index in [1.54, 1.807) is 6.20 Å². The normalized spacial score (nSPS) is 21.9. The lowest BCUT2D eigenvalue weighted by molar-refractivity contribution is 0.0495. The molecule has 4 rings (SSSR count). The van der Waals surface area contributed by atoms with Crippen LogP contribution in [-0.2, 0) is 10.2 Å². The topological polar surface area (TPSA) is 54.5 Å². The SMILES string of the molecule is O=C(NCC1(c2ccccc2)CCOCC1)N1CCCC[C@H]1c1cccnc1. The van der Waals surface area contributed by atoms with Gasteiger partial charge in [-0.25, -0.2) is 4.79 Å². The molecule has 2 fully saturated rings. The third-order valence-corrected chi connectivity index (χ3v) is 6.25. The largest absolute Gasteiger partial charge is 0.381 e. The van der Waals surface area contributed by atoms with Crippen molar-refractivity contribution in [2.45, 2.75) is 43.6 Å². The molecule has 2 saturated heterocycles. The molecule has 0 spiro atoms. The number of aromatic nitrogens is 1. The fourth-order valence-corrected chi connectivity index (χ4v) is 4.56. The molecule has 2 aliphatic rings. The second kappa shape index (κ2) is 8.74. The molecule has 28 heavy (non-hydrogen) atoms. The maximum absolute atomic E-state index is 13.2. The molecule has 5 heteroatoms. The highest BCUT2D eigenvalue weighted by molar-refractivity contribution is 5.75. The number of amides is 2. The molecular formula is C23H29N3O2. The van der Waals surface area contributed by atoms with Crippen molar-refractivity contribution in [3.05, 3.63) is 66.0 Å². The smallest absolute Gasteiger partial charge is 0.317 e. The Balaban J connectivity index is 1.48. The number of carbonyl (C=O) groups excluding carboxylic acids is 1. The van der Waals surface area contributed by atoms with Gasteiger partial charge in [-0.05, 0) is 49.3 Å². The first kappa shape index (κ1) is 18.9. The number of ether oxygens (including phenoxy) is 1. The van der Waals surface area contributed by atoms with Crippen LogP contribution in [0.2, 0.25) is 0 Å². The van der Waals surface area contributed by atoms with Gasteiger partial charge in [-0.3, -0.25) is 4.98 Å². The Morgan fingerprint density at radius 3 is 2.71 bits per heavy atom. The number of nitrogens with one attached hydrogen (secondary N) is 1. The summed E-state index contributed by atoms with van der Waals surface area (Å²) < 4.78 is 5.61. The predicted octanol–water partition coefficient (Wildman–Crippen LogP) is 4.07. The highest BCUT2D eigenvalue weighted by Crippen LogP contribution is 2.35.